The minimum Gasteiger partial charge on any atom is -0.278 e. The molecule has 0 bridgehead atoms. The van der Waals surface area contributed by atoms with Crippen LogP contribution in [-0.2, 0) is 5.41 Å². The first-order valence-electron chi connectivity index (χ1n) is 23.8. The van der Waals surface area contributed by atoms with Gasteiger partial charge in [-0.1, -0.05) is 141 Å². The van der Waals surface area contributed by atoms with Gasteiger partial charge in [0.25, 0.3) is 0 Å². The van der Waals surface area contributed by atoms with E-state index in [0.717, 1.165) is 26.5 Å². The second kappa shape index (κ2) is 10.8. The van der Waals surface area contributed by atoms with Crippen LogP contribution in [0, 0.1) is 0 Å². The maximum absolute atomic E-state index is 10.0. The van der Waals surface area contributed by atoms with Crippen molar-refractivity contribution in [1.82, 2.24) is 19.5 Å². The topological polar surface area (TPSA) is 43.6 Å². The van der Waals surface area contributed by atoms with E-state index in [-0.39, 0.29) is 33.9 Å². The molecule has 2 aromatic heterocycles. The Kier molecular flexibility index (Phi) is 3.64. The molecule has 10 rings (SSSR count). The van der Waals surface area contributed by atoms with Crippen LogP contribution in [-0.4, -0.2) is 19.5 Å². The quantitative estimate of drug-likeness (QED) is 0.189. The summed E-state index contributed by atoms with van der Waals surface area (Å²) in [5.41, 5.74) is -4.28. The zero-order valence-corrected chi connectivity index (χ0v) is 26.0. The monoisotopic (exact) mass is 656 g/mol. The van der Waals surface area contributed by atoms with Crippen molar-refractivity contribution in [2.75, 3.05) is 0 Å². The van der Waals surface area contributed by atoms with E-state index < -0.39 is 107 Å². The first-order chi connectivity index (χ1) is 31.2. The lowest BCUT2D eigenvalue weighted by Crippen LogP contribution is -2.15. The highest BCUT2D eigenvalue weighted by atomic mass is 15.2. The van der Waals surface area contributed by atoms with E-state index in [0.29, 0.717) is 11.1 Å². The molecule has 4 nitrogen and oxygen atoms in total. The molecule has 0 N–H and O–H groups in total. The van der Waals surface area contributed by atoms with Gasteiger partial charge >= 0.3 is 0 Å². The van der Waals surface area contributed by atoms with E-state index in [1.165, 1.54) is 0 Å². The van der Waals surface area contributed by atoms with E-state index in [1.54, 1.807) is 36.4 Å². The number of rotatable bonds is 4. The number of para-hydroxylation sites is 1. The zero-order valence-electron chi connectivity index (χ0n) is 42.0. The Labute approximate surface area is 312 Å². The van der Waals surface area contributed by atoms with Crippen molar-refractivity contribution < 1.29 is 21.9 Å². The molecule has 0 fully saturated rings. The smallest absolute Gasteiger partial charge is 0.238 e. The highest BCUT2D eigenvalue weighted by molar-refractivity contribution is 6.11. The number of hydrogen-bond donors (Lipinski definition) is 0. The summed E-state index contributed by atoms with van der Waals surface area (Å²) in [4.78, 5) is 14.5. The third-order valence-electron chi connectivity index (χ3n) is 9.09. The Bertz CT molecular complexity index is 3570. The van der Waals surface area contributed by atoms with Gasteiger partial charge in [0.05, 0.1) is 24.7 Å². The molecule has 0 amide bonds. The van der Waals surface area contributed by atoms with Crippen molar-refractivity contribution in [1.29, 1.82) is 0 Å². The summed E-state index contributed by atoms with van der Waals surface area (Å²) in [7, 11) is 0. The molecule has 0 saturated heterocycles. The third-order valence-corrected chi connectivity index (χ3v) is 9.09. The first kappa shape index (κ1) is 16.8. The predicted octanol–water partition coefficient (Wildman–Crippen LogP) is 11.4. The van der Waals surface area contributed by atoms with Gasteiger partial charge in [-0.15, -0.1) is 0 Å². The fourth-order valence-electron chi connectivity index (χ4n) is 6.70. The van der Waals surface area contributed by atoms with Gasteiger partial charge in [0.15, 0.2) is 11.6 Å². The molecular formula is C46H32N4. The molecule has 0 unspecified atom stereocenters. The second-order valence-electron chi connectivity index (χ2n) is 12.1. The Balaban J connectivity index is 1.38. The second-order valence-corrected chi connectivity index (χ2v) is 12.1. The fraction of sp³-hybridized carbons (Fsp3) is 0.0652. The molecule has 1 aliphatic rings. The molecule has 236 valence electrons. The van der Waals surface area contributed by atoms with Crippen molar-refractivity contribution in [3.05, 3.63) is 169 Å². The van der Waals surface area contributed by atoms with Gasteiger partial charge in [-0.2, -0.15) is 9.97 Å². The lowest BCUT2D eigenvalue weighted by atomic mass is 9.82. The van der Waals surface area contributed by atoms with Crippen LogP contribution in [0.1, 0.15) is 46.8 Å². The maximum Gasteiger partial charge on any atom is 0.238 e. The van der Waals surface area contributed by atoms with Crippen LogP contribution in [0.3, 0.4) is 0 Å². The van der Waals surface area contributed by atoms with Gasteiger partial charge in [-0.05, 0) is 74.4 Å². The normalized spacial score (nSPS) is 18.2. The molecule has 7 aromatic carbocycles. The minimum absolute atomic E-state index is 0.0755. The average molecular weight is 657 g/mol. The standard InChI is InChI=1S/C46H32N4/c1-46(2)39-21-10-8-19-35(39)37-27-38-36-20-9-11-22-41(36)50(42(38)28-40(37)46)45-48-43(30-14-4-3-5-15-30)47-44(49-45)34-18-12-17-32(26-34)33-24-23-29-13-6-7-16-31(29)25-33/h3-28H,1-2H3/i1D3,2D3,8D,9D,10D,11D,19D,20D,21D,22D,27D,28D. The van der Waals surface area contributed by atoms with Gasteiger partial charge in [0.2, 0.25) is 5.95 Å². The average Bonchev–Trinajstić information content (AvgIpc) is 3.85. The highest BCUT2D eigenvalue weighted by Gasteiger charge is 2.36. The molecule has 2 heterocycles. The number of aromatic nitrogens is 4. The van der Waals surface area contributed by atoms with Crippen LogP contribution < -0.4 is 0 Å². The molecule has 1 aliphatic carbocycles. The van der Waals surface area contributed by atoms with E-state index in [1.807, 2.05) is 60.7 Å². The van der Waals surface area contributed by atoms with Crippen LogP contribution in [0.15, 0.2) is 157 Å². The van der Waals surface area contributed by atoms with Gasteiger partial charge in [-0.25, -0.2) is 4.98 Å². The van der Waals surface area contributed by atoms with Crippen LogP contribution in [0.4, 0.5) is 0 Å². The molecule has 0 atom stereocenters. The molecule has 0 saturated carbocycles. The minimum atomic E-state index is -3.65. The third kappa shape index (κ3) is 4.35. The molecule has 0 spiro atoms. The van der Waals surface area contributed by atoms with E-state index in [2.05, 4.69) is 0 Å². The SMILES string of the molecule is [2H]c1c([2H])c([2H])c2c(c1[2H])-c1c(c([2H])c3c(c1[2H])c1c([2H])c([2H])c([2H])c([2H])c1n3-c1nc(-c3ccccc3)nc(-c3cccc(-c4ccc5ccccc5c4)c3)n1)C2(C([2H])([2H])[2H])C([2H])([2H])[2H]. The maximum atomic E-state index is 10.0. The van der Waals surface area contributed by atoms with Crippen LogP contribution >= 0.6 is 0 Å². The molecule has 9 aromatic rings. The van der Waals surface area contributed by atoms with Crippen LogP contribution in [0.5, 0.6) is 0 Å². The van der Waals surface area contributed by atoms with E-state index in [4.69, 9.17) is 31.4 Å². The number of benzene rings is 7. The predicted molar refractivity (Wildman–Crippen MR) is 206 cm³/mol. The summed E-state index contributed by atoms with van der Waals surface area (Å²) in [5.74, 6) is -0.177. The Morgan fingerprint density at radius 3 is 2.14 bits per heavy atom. The molecule has 0 radical (unpaired) electrons. The number of hydrogen-bond acceptors (Lipinski definition) is 3. The van der Waals surface area contributed by atoms with Crippen molar-refractivity contribution in [3.8, 4) is 51.0 Å². The lowest BCUT2D eigenvalue weighted by molar-refractivity contribution is 0.661. The van der Waals surface area contributed by atoms with Gasteiger partial charge in [0, 0.05) is 35.5 Å². The summed E-state index contributed by atoms with van der Waals surface area (Å²) in [6, 6.07) is 22.1. The highest BCUT2D eigenvalue weighted by Crippen LogP contribution is 2.50. The van der Waals surface area contributed by atoms with Crippen molar-refractivity contribution in [2.45, 2.75) is 19.1 Å². The number of nitrogens with zero attached hydrogens (tertiary/aromatic N) is 4. The molecule has 50 heavy (non-hydrogen) atoms. The summed E-state index contributed by atoms with van der Waals surface area (Å²) >= 11 is 0. The van der Waals surface area contributed by atoms with Gasteiger partial charge in [-0.3, -0.25) is 4.57 Å². The zero-order chi connectivity index (χ0) is 47.1. The fourth-order valence-corrected chi connectivity index (χ4v) is 6.70. The first-order valence-corrected chi connectivity index (χ1v) is 15.8. The van der Waals surface area contributed by atoms with Gasteiger partial charge < -0.3 is 0 Å². The van der Waals surface area contributed by atoms with Crippen LogP contribution in [0.25, 0.3) is 83.6 Å². The summed E-state index contributed by atoms with van der Waals surface area (Å²) in [6.07, 6.45) is 0. The summed E-state index contributed by atoms with van der Waals surface area (Å²) in [6.45, 7) is -7.30. The Hall–Kier alpha value is -6.39. The largest absolute Gasteiger partial charge is 0.278 e. The summed E-state index contributed by atoms with van der Waals surface area (Å²) < 4.78 is 145. The molecular weight excluding hydrogens is 609 g/mol. The molecule has 0 aliphatic heterocycles. The van der Waals surface area contributed by atoms with Crippen molar-refractivity contribution in [2.24, 2.45) is 0 Å². The molecule has 4 heteroatoms. The van der Waals surface area contributed by atoms with Crippen LogP contribution in [0.2, 0.25) is 0 Å². The van der Waals surface area contributed by atoms with Gasteiger partial charge in [0.1, 0.15) is 0 Å². The summed E-state index contributed by atoms with van der Waals surface area (Å²) in [5, 5.41) is 1.39. The van der Waals surface area contributed by atoms with Crippen molar-refractivity contribution in [3.63, 3.8) is 0 Å². The number of fused-ring (bicyclic) bond motifs is 7. The van der Waals surface area contributed by atoms with E-state index in [9.17, 15) is 5.48 Å². The lowest BCUT2D eigenvalue weighted by Gasteiger charge is -2.21. The van der Waals surface area contributed by atoms with E-state index >= 15 is 0 Å². The van der Waals surface area contributed by atoms with Crippen molar-refractivity contribution >= 4 is 32.6 Å². The Morgan fingerprint density at radius 1 is 0.540 bits per heavy atom. The Morgan fingerprint density at radius 2 is 1.26 bits per heavy atom.